The third-order valence-corrected chi connectivity index (χ3v) is 3.16. The van der Waals surface area contributed by atoms with Crippen molar-refractivity contribution in [2.24, 2.45) is 0 Å². The zero-order chi connectivity index (χ0) is 14.1. The summed E-state index contributed by atoms with van der Waals surface area (Å²) >= 11 is 0. The number of carbonyl (C=O) groups is 2. The van der Waals surface area contributed by atoms with Gasteiger partial charge in [0.25, 0.3) is 5.91 Å². The minimum absolute atomic E-state index is 0.0393. The lowest BCUT2D eigenvalue weighted by Gasteiger charge is -2.17. The highest BCUT2D eigenvalue weighted by molar-refractivity contribution is 6.27. The van der Waals surface area contributed by atoms with E-state index in [1.807, 2.05) is 18.2 Å². The van der Waals surface area contributed by atoms with E-state index in [9.17, 15) is 9.59 Å². The summed E-state index contributed by atoms with van der Waals surface area (Å²) in [7, 11) is 0. The number of nitrogen functional groups attached to an aromatic ring is 1. The Morgan fingerprint density at radius 3 is 2.30 bits per heavy atom. The fourth-order valence-electron chi connectivity index (χ4n) is 2.23. The number of carbonyl (C=O) groups excluding carboxylic acids is 2. The molecule has 2 N–H and O–H groups in total. The van der Waals surface area contributed by atoms with Gasteiger partial charge in [0.05, 0.1) is 5.69 Å². The lowest BCUT2D eigenvalue weighted by atomic mass is 10.2. The van der Waals surface area contributed by atoms with E-state index in [0.29, 0.717) is 17.1 Å². The lowest BCUT2D eigenvalue weighted by molar-refractivity contribution is -0.115. The molecule has 1 fully saturated rings. The van der Waals surface area contributed by atoms with Crippen molar-refractivity contribution in [3.8, 4) is 0 Å². The quantitative estimate of drug-likeness (QED) is 0.670. The molecule has 1 aliphatic rings. The lowest BCUT2D eigenvalue weighted by Crippen LogP contribution is -2.33. The van der Waals surface area contributed by atoms with Gasteiger partial charge in [-0.1, -0.05) is 24.3 Å². The number of hydrogen-bond donors (Lipinski definition) is 1. The number of amides is 3. The topological polar surface area (TPSA) is 66.6 Å². The van der Waals surface area contributed by atoms with Crippen LogP contribution in [0.15, 0.2) is 54.6 Å². The molecule has 3 amide bonds. The molecule has 1 heterocycles. The van der Waals surface area contributed by atoms with Gasteiger partial charge >= 0.3 is 6.03 Å². The van der Waals surface area contributed by atoms with Crippen molar-refractivity contribution >= 4 is 29.0 Å². The summed E-state index contributed by atoms with van der Waals surface area (Å²) in [5.41, 5.74) is 7.42. The first kappa shape index (κ1) is 12.2. The number of hydrogen-bond acceptors (Lipinski definition) is 3. The molecule has 0 bridgehead atoms. The second-order valence-corrected chi connectivity index (χ2v) is 4.53. The number of urea groups is 1. The van der Waals surface area contributed by atoms with Crippen LogP contribution in [0.1, 0.15) is 0 Å². The highest BCUT2D eigenvalue weighted by Crippen LogP contribution is 2.26. The summed E-state index contributed by atoms with van der Waals surface area (Å²) in [4.78, 5) is 27.1. The zero-order valence-corrected chi connectivity index (χ0v) is 10.7. The molecular formula is C15H13N3O2. The van der Waals surface area contributed by atoms with Crippen molar-refractivity contribution in [3.05, 3.63) is 54.6 Å². The molecule has 5 heteroatoms. The molecule has 0 aliphatic carbocycles. The van der Waals surface area contributed by atoms with Crippen LogP contribution in [0, 0.1) is 0 Å². The van der Waals surface area contributed by atoms with E-state index in [2.05, 4.69) is 0 Å². The van der Waals surface area contributed by atoms with Gasteiger partial charge in [0, 0.05) is 11.4 Å². The summed E-state index contributed by atoms with van der Waals surface area (Å²) in [5.74, 6) is -0.260. The van der Waals surface area contributed by atoms with Gasteiger partial charge in [0.15, 0.2) is 0 Å². The number of nitrogens with zero attached hydrogens (tertiary/aromatic N) is 2. The molecule has 2 aromatic rings. The average Bonchev–Trinajstić information content (AvgIpc) is 2.75. The molecule has 0 saturated carbocycles. The molecule has 0 atom stereocenters. The number of para-hydroxylation sites is 1. The predicted octanol–water partition coefficient (Wildman–Crippen LogP) is 2.24. The van der Waals surface area contributed by atoms with Crippen LogP contribution in [0.25, 0.3) is 0 Å². The van der Waals surface area contributed by atoms with Crippen LogP contribution in [0.3, 0.4) is 0 Å². The van der Waals surface area contributed by atoms with E-state index in [1.54, 1.807) is 36.4 Å². The van der Waals surface area contributed by atoms with Crippen LogP contribution in [-0.4, -0.2) is 18.5 Å². The van der Waals surface area contributed by atoms with Crippen molar-refractivity contribution in [1.29, 1.82) is 0 Å². The van der Waals surface area contributed by atoms with E-state index < -0.39 is 0 Å². The molecule has 3 rings (SSSR count). The largest absolute Gasteiger partial charge is 0.399 e. The average molecular weight is 267 g/mol. The Morgan fingerprint density at radius 1 is 0.900 bits per heavy atom. The summed E-state index contributed by atoms with van der Waals surface area (Å²) in [6.45, 7) is 0.0393. The molecule has 1 aliphatic heterocycles. The van der Waals surface area contributed by atoms with E-state index in [4.69, 9.17) is 5.73 Å². The van der Waals surface area contributed by atoms with E-state index in [0.717, 1.165) is 4.90 Å². The van der Waals surface area contributed by atoms with Gasteiger partial charge < -0.3 is 5.73 Å². The first-order valence-electron chi connectivity index (χ1n) is 6.22. The number of anilines is 3. The van der Waals surface area contributed by atoms with Gasteiger partial charge in [-0.2, -0.15) is 0 Å². The first-order valence-corrected chi connectivity index (χ1v) is 6.22. The summed E-state index contributed by atoms with van der Waals surface area (Å²) in [6, 6.07) is 15.5. The Morgan fingerprint density at radius 2 is 1.60 bits per heavy atom. The van der Waals surface area contributed by atoms with Gasteiger partial charge in [0.1, 0.15) is 6.54 Å². The molecule has 20 heavy (non-hydrogen) atoms. The fourth-order valence-corrected chi connectivity index (χ4v) is 2.23. The maximum absolute atomic E-state index is 12.4. The minimum Gasteiger partial charge on any atom is -0.399 e. The number of benzene rings is 2. The molecule has 0 unspecified atom stereocenters. The van der Waals surface area contributed by atoms with Gasteiger partial charge in [-0.3, -0.25) is 9.69 Å². The second kappa shape index (κ2) is 4.70. The fraction of sp³-hybridized carbons (Fsp3) is 0.0667. The monoisotopic (exact) mass is 267 g/mol. The van der Waals surface area contributed by atoms with Crippen molar-refractivity contribution < 1.29 is 9.59 Å². The smallest absolute Gasteiger partial charge is 0.336 e. The summed E-state index contributed by atoms with van der Waals surface area (Å²) in [6.07, 6.45) is 0. The Bertz CT molecular complexity index is 670. The van der Waals surface area contributed by atoms with Crippen molar-refractivity contribution in [2.75, 3.05) is 22.1 Å². The standard InChI is InChI=1S/C15H13N3O2/c16-11-5-4-8-13(9-11)18-14(19)10-17(15(18)20)12-6-2-1-3-7-12/h1-9H,10,16H2. The molecule has 0 aromatic heterocycles. The Kier molecular flexibility index (Phi) is 2.87. The van der Waals surface area contributed by atoms with Crippen molar-refractivity contribution in [1.82, 2.24) is 0 Å². The zero-order valence-electron chi connectivity index (χ0n) is 10.7. The molecular weight excluding hydrogens is 254 g/mol. The highest BCUT2D eigenvalue weighted by atomic mass is 16.2. The number of rotatable bonds is 2. The third-order valence-electron chi connectivity index (χ3n) is 3.16. The Balaban J connectivity index is 1.95. The van der Waals surface area contributed by atoms with Gasteiger partial charge in [-0.15, -0.1) is 0 Å². The van der Waals surface area contributed by atoms with Crippen LogP contribution in [0.5, 0.6) is 0 Å². The van der Waals surface area contributed by atoms with E-state index >= 15 is 0 Å². The van der Waals surface area contributed by atoms with Crippen LogP contribution in [0.4, 0.5) is 21.9 Å². The van der Waals surface area contributed by atoms with E-state index in [1.165, 1.54) is 4.90 Å². The number of imide groups is 1. The molecule has 2 aromatic carbocycles. The highest BCUT2D eigenvalue weighted by Gasteiger charge is 2.37. The summed E-state index contributed by atoms with van der Waals surface area (Å²) in [5, 5.41) is 0. The Labute approximate surface area is 116 Å². The molecule has 1 saturated heterocycles. The molecule has 0 radical (unpaired) electrons. The SMILES string of the molecule is Nc1cccc(N2C(=O)CN(c3ccccc3)C2=O)c1. The van der Waals surface area contributed by atoms with Crippen LogP contribution >= 0.6 is 0 Å². The van der Waals surface area contributed by atoms with Gasteiger partial charge in [-0.25, -0.2) is 9.69 Å². The molecule has 0 spiro atoms. The first-order chi connectivity index (χ1) is 9.66. The second-order valence-electron chi connectivity index (χ2n) is 4.53. The van der Waals surface area contributed by atoms with Crippen LogP contribution in [0.2, 0.25) is 0 Å². The third kappa shape index (κ3) is 1.99. The van der Waals surface area contributed by atoms with Gasteiger partial charge in [-0.05, 0) is 30.3 Å². The molecule has 5 nitrogen and oxygen atoms in total. The predicted molar refractivity (Wildman–Crippen MR) is 77.5 cm³/mol. The maximum atomic E-state index is 12.4. The Hall–Kier alpha value is -2.82. The van der Waals surface area contributed by atoms with Crippen LogP contribution < -0.4 is 15.5 Å². The molecule has 100 valence electrons. The maximum Gasteiger partial charge on any atom is 0.336 e. The van der Waals surface area contributed by atoms with E-state index in [-0.39, 0.29) is 18.5 Å². The normalized spacial score (nSPS) is 15.0. The van der Waals surface area contributed by atoms with Gasteiger partial charge in [0.2, 0.25) is 0 Å². The van der Waals surface area contributed by atoms with Crippen molar-refractivity contribution in [2.45, 2.75) is 0 Å². The van der Waals surface area contributed by atoms with Crippen LogP contribution in [-0.2, 0) is 4.79 Å². The number of nitrogens with two attached hydrogens (primary N) is 1. The van der Waals surface area contributed by atoms with Crippen molar-refractivity contribution in [3.63, 3.8) is 0 Å². The summed E-state index contributed by atoms with van der Waals surface area (Å²) < 4.78 is 0. The minimum atomic E-state index is -0.355.